The van der Waals surface area contributed by atoms with E-state index < -0.39 is 28.5 Å². The predicted molar refractivity (Wildman–Crippen MR) is 90.3 cm³/mol. The lowest BCUT2D eigenvalue weighted by molar-refractivity contribution is -0.283. The Balaban J connectivity index is 1.75. The van der Waals surface area contributed by atoms with Crippen LogP contribution in [0.3, 0.4) is 0 Å². The Morgan fingerprint density at radius 1 is 1.16 bits per heavy atom. The highest BCUT2D eigenvalue weighted by Gasteiger charge is 2.89. The van der Waals surface area contributed by atoms with Gasteiger partial charge in [0.2, 0.25) is 0 Å². The molecule has 4 aliphatic carbocycles. The van der Waals surface area contributed by atoms with E-state index in [-0.39, 0.29) is 41.6 Å². The van der Waals surface area contributed by atoms with E-state index in [1.807, 2.05) is 20.8 Å². The van der Waals surface area contributed by atoms with Gasteiger partial charge >= 0.3 is 0 Å². The number of ether oxygens (including phenoxy) is 1. The minimum absolute atomic E-state index is 0.00352. The Morgan fingerprint density at radius 2 is 1.84 bits per heavy atom. The van der Waals surface area contributed by atoms with Crippen molar-refractivity contribution >= 4 is 0 Å². The highest BCUT2D eigenvalue weighted by molar-refractivity contribution is 5.35. The molecule has 0 spiro atoms. The van der Waals surface area contributed by atoms with Crippen molar-refractivity contribution in [1.82, 2.24) is 0 Å². The van der Waals surface area contributed by atoms with E-state index in [0.717, 1.165) is 19.3 Å². The second-order valence-corrected chi connectivity index (χ2v) is 10.6. The highest BCUT2D eigenvalue weighted by Crippen LogP contribution is 2.82. The van der Waals surface area contributed by atoms with Crippen molar-refractivity contribution < 1.29 is 25.2 Å². The van der Waals surface area contributed by atoms with E-state index in [4.69, 9.17) is 4.74 Å². The first-order valence-corrected chi connectivity index (χ1v) is 9.93. The molecule has 0 amide bonds. The second-order valence-electron chi connectivity index (χ2n) is 10.6. The normalized spacial score (nSPS) is 68.4. The molecule has 4 N–H and O–H groups in total. The van der Waals surface area contributed by atoms with Crippen LogP contribution in [0.25, 0.3) is 0 Å². The highest BCUT2D eigenvalue weighted by atomic mass is 16.7. The molecule has 5 nitrogen and oxygen atoms in total. The van der Waals surface area contributed by atoms with E-state index in [1.165, 1.54) is 0 Å². The fourth-order valence-corrected chi connectivity index (χ4v) is 8.65. The minimum atomic E-state index is -1.39. The molecule has 0 aromatic rings. The van der Waals surface area contributed by atoms with Gasteiger partial charge in [-0.15, -0.1) is 0 Å². The Morgan fingerprint density at radius 3 is 2.48 bits per heavy atom. The summed E-state index contributed by atoms with van der Waals surface area (Å²) in [5, 5.41) is 44.7. The summed E-state index contributed by atoms with van der Waals surface area (Å²) in [6.45, 7) is 8.08. The lowest BCUT2D eigenvalue weighted by Gasteiger charge is -2.62. The van der Waals surface area contributed by atoms with Crippen LogP contribution < -0.4 is 0 Å². The molecule has 0 aromatic carbocycles. The monoisotopic (exact) mass is 352 g/mol. The number of hydrogen-bond donors (Lipinski definition) is 4. The standard InChI is InChI=1S/C20H32O5/c1-10(8-21)12-7-13-16(2)9-19(23)18(12,4)20(13,24)15(25-19)14-11(16)5-6-17(14,3)22/h10-15,21-24H,5-9H2,1-4H3. The lowest BCUT2D eigenvalue weighted by atomic mass is 9.43. The number of fused-ring (bicyclic) bond motifs is 3. The summed E-state index contributed by atoms with van der Waals surface area (Å²) >= 11 is 0. The molecular weight excluding hydrogens is 320 g/mol. The lowest BCUT2D eigenvalue weighted by Crippen LogP contribution is -2.71. The molecule has 11 atom stereocenters. The van der Waals surface area contributed by atoms with Crippen LogP contribution in [0.2, 0.25) is 0 Å². The van der Waals surface area contributed by atoms with Crippen LogP contribution in [-0.2, 0) is 4.74 Å². The summed E-state index contributed by atoms with van der Waals surface area (Å²) in [6, 6.07) is 0. The number of rotatable bonds is 2. The summed E-state index contributed by atoms with van der Waals surface area (Å²) in [4.78, 5) is 0. The zero-order valence-electron chi connectivity index (χ0n) is 15.7. The van der Waals surface area contributed by atoms with Gasteiger partial charge in [0.15, 0.2) is 5.79 Å². The summed E-state index contributed by atoms with van der Waals surface area (Å²) in [5.41, 5.74) is -3.06. The molecule has 142 valence electrons. The fraction of sp³-hybridized carbons (Fsp3) is 1.00. The Kier molecular flexibility index (Phi) is 2.90. The summed E-state index contributed by atoms with van der Waals surface area (Å²) in [5.74, 6) is -1.21. The third-order valence-corrected chi connectivity index (χ3v) is 9.84. The first kappa shape index (κ1) is 16.9. The average molecular weight is 352 g/mol. The van der Waals surface area contributed by atoms with Crippen molar-refractivity contribution in [3.63, 3.8) is 0 Å². The zero-order chi connectivity index (χ0) is 18.2. The van der Waals surface area contributed by atoms with Crippen molar-refractivity contribution in [2.45, 2.75) is 76.5 Å². The fourth-order valence-electron chi connectivity index (χ4n) is 8.65. The molecule has 5 heteroatoms. The van der Waals surface area contributed by atoms with Crippen molar-refractivity contribution in [3.8, 4) is 0 Å². The smallest absolute Gasteiger partial charge is 0.175 e. The molecule has 0 radical (unpaired) electrons. The third kappa shape index (κ3) is 1.43. The molecule has 5 bridgehead atoms. The van der Waals surface area contributed by atoms with E-state index in [2.05, 4.69) is 6.92 Å². The van der Waals surface area contributed by atoms with E-state index in [1.54, 1.807) is 0 Å². The van der Waals surface area contributed by atoms with E-state index in [0.29, 0.717) is 6.42 Å². The van der Waals surface area contributed by atoms with Gasteiger partial charge < -0.3 is 25.2 Å². The maximum atomic E-state index is 12.1. The molecule has 11 unspecified atom stereocenters. The number of hydrogen-bond acceptors (Lipinski definition) is 5. The predicted octanol–water partition coefficient (Wildman–Crippen LogP) is 1.28. The molecule has 1 heterocycles. The number of aliphatic hydroxyl groups excluding tert-OH is 1. The molecule has 5 fully saturated rings. The molecule has 5 rings (SSSR count). The van der Waals surface area contributed by atoms with E-state index in [9.17, 15) is 20.4 Å². The van der Waals surface area contributed by atoms with Gasteiger partial charge in [-0.3, -0.25) is 0 Å². The van der Waals surface area contributed by atoms with Crippen molar-refractivity contribution in [2.24, 2.45) is 40.4 Å². The van der Waals surface area contributed by atoms with Gasteiger partial charge in [-0.25, -0.2) is 0 Å². The van der Waals surface area contributed by atoms with Gasteiger partial charge in [0.25, 0.3) is 0 Å². The maximum absolute atomic E-state index is 12.1. The molecular formula is C20H32O5. The SMILES string of the molecule is CC(CO)C1CC2C3(C)CC4(O)OC(C5C3CCC5(C)O)C2(O)C14C. The van der Waals surface area contributed by atoms with Crippen LogP contribution in [0.4, 0.5) is 0 Å². The summed E-state index contributed by atoms with van der Waals surface area (Å²) < 4.78 is 6.31. The average Bonchev–Trinajstić information content (AvgIpc) is 2.95. The van der Waals surface area contributed by atoms with Crippen molar-refractivity contribution in [3.05, 3.63) is 0 Å². The largest absolute Gasteiger partial charge is 0.396 e. The Hall–Kier alpha value is -0.200. The van der Waals surface area contributed by atoms with Crippen LogP contribution in [0.15, 0.2) is 0 Å². The van der Waals surface area contributed by atoms with Crippen LogP contribution in [0.1, 0.15) is 53.4 Å². The third-order valence-electron chi connectivity index (χ3n) is 9.84. The van der Waals surface area contributed by atoms with Crippen molar-refractivity contribution in [1.29, 1.82) is 0 Å². The Labute approximate surface area is 149 Å². The van der Waals surface area contributed by atoms with Crippen LogP contribution in [-0.4, -0.2) is 50.1 Å². The van der Waals surface area contributed by atoms with Crippen molar-refractivity contribution in [2.75, 3.05) is 6.61 Å². The minimum Gasteiger partial charge on any atom is -0.396 e. The number of aliphatic hydroxyl groups is 4. The van der Waals surface area contributed by atoms with Gasteiger partial charge in [-0.2, -0.15) is 0 Å². The van der Waals surface area contributed by atoms with Gasteiger partial charge in [-0.1, -0.05) is 20.8 Å². The van der Waals surface area contributed by atoms with Gasteiger partial charge in [0.05, 0.1) is 17.1 Å². The maximum Gasteiger partial charge on any atom is 0.175 e. The quantitative estimate of drug-likeness (QED) is 0.601. The first-order valence-electron chi connectivity index (χ1n) is 9.93. The first-order chi connectivity index (χ1) is 11.5. The molecule has 25 heavy (non-hydrogen) atoms. The van der Waals surface area contributed by atoms with Gasteiger partial charge in [0, 0.05) is 18.9 Å². The summed E-state index contributed by atoms with van der Waals surface area (Å²) in [7, 11) is 0. The van der Waals surface area contributed by atoms with Gasteiger partial charge in [-0.05, 0) is 55.3 Å². The molecule has 0 aromatic heterocycles. The molecule has 1 saturated heterocycles. The van der Waals surface area contributed by atoms with Gasteiger partial charge in [0.1, 0.15) is 5.60 Å². The zero-order valence-corrected chi connectivity index (χ0v) is 15.7. The summed E-state index contributed by atoms with van der Waals surface area (Å²) in [6.07, 6.45) is 2.46. The Bertz CT molecular complexity index is 636. The van der Waals surface area contributed by atoms with Crippen LogP contribution in [0.5, 0.6) is 0 Å². The topological polar surface area (TPSA) is 90.2 Å². The molecule has 5 aliphatic rings. The molecule has 4 saturated carbocycles. The molecule has 1 aliphatic heterocycles. The van der Waals surface area contributed by atoms with Crippen LogP contribution in [0, 0.1) is 40.4 Å². The van der Waals surface area contributed by atoms with E-state index >= 15 is 0 Å². The second kappa shape index (κ2) is 4.27. The van der Waals surface area contributed by atoms with Crippen LogP contribution >= 0.6 is 0 Å².